The van der Waals surface area contributed by atoms with E-state index in [1.807, 2.05) is 11.6 Å². The lowest BCUT2D eigenvalue weighted by Crippen LogP contribution is -2.14. The standard InChI is InChI=1S/C12H22ClN3/c1-5-6-14-7-11-10(4)15-16(12(11)13)8-9(2)3/h9,14H,5-8H2,1-4H3. The van der Waals surface area contributed by atoms with Crippen LogP contribution in [0.25, 0.3) is 0 Å². The summed E-state index contributed by atoms with van der Waals surface area (Å²) in [7, 11) is 0. The predicted octanol–water partition coefficient (Wildman–Crippen LogP) is 3.00. The van der Waals surface area contributed by atoms with E-state index in [4.69, 9.17) is 11.6 Å². The third kappa shape index (κ3) is 3.49. The topological polar surface area (TPSA) is 29.9 Å². The highest BCUT2D eigenvalue weighted by molar-refractivity contribution is 6.30. The molecule has 4 heteroatoms. The van der Waals surface area contributed by atoms with Crippen molar-refractivity contribution in [2.24, 2.45) is 5.92 Å². The normalized spacial score (nSPS) is 11.4. The number of nitrogens with zero attached hydrogens (tertiary/aromatic N) is 2. The van der Waals surface area contributed by atoms with Crippen LogP contribution in [0.3, 0.4) is 0 Å². The number of halogens is 1. The highest BCUT2D eigenvalue weighted by Gasteiger charge is 2.13. The molecule has 0 aromatic carbocycles. The minimum atomic E-state index is 0.563. The van der Waals surface area contributed by atoms with Crippen molar-refractivity contribution < 1.29 is 0 Å². The van der Waals surface area contributed by atoms with Crippen molar-refractivity contribution >= 4 is 11.6 Å². The van der Waals surface area contributed by atoms with Gasteiger partial charge in [0.1, 0.15) is 5.15 Å². The fourth-order valence-corrected chi connectivity index (χ4v) is 1.96. The number of nitrogens with one attached hydrogen (secondary N) is 1. The van der Waals surface area contributed by atoms with Crippen molar-refractivity contribution in [3.05, 3.63) is 16.4 Å². The van der Waals surface area contributed by atoms with Gasteiger partial charge < -0.3 is 5.32 Å². The van der Waals surface area contributed by atoms with Crippen molar-refractivity contribution in [3.63, 3.8) is 0 Å². The molecule has 0 atom stereocenters. The lowest BCUT2D eigenvalue weighted by molar-refractivity contribution is 0.481. The van der Waals surface area contributed by atoms with Gasteiger partial charge in [-0.05, 0) is 25.8 Å². The Morgan fingerprint density at radius 3 is 2.69 bits per heavy atom. The first-order valence-electron chi connectivity index (χ1n) is 5.98. The van der Waals surface area contributed by atoms with Crippen molar-refractivity contribution in [2.45, 2.75) is 47.2 Å². The molecule has 0 aliphatic carbocycles. The molecule has 3 nitrogen and oxygen atoms in total. The Bertz CT molecular complexity index is 331. The Labute approximate surface area is 103 Å². The molecule has 0 saturated heterocycles. The van der Waals surface area contributed by atoms with E-state index in [0.717, 1.165) is 42.5 Å². The van der Waals surface area contributed by atoms with Crippen molar-refractivity contribution in [3.8, 4) is 0 Å². The molecule has 16 heavy (non-hydrogen) atoms. The zero-order valence-electron chi connectivity index (χ0n) is 10.7. The Kier molecular flexibility index (Phi) is 5.29. The molecule has 0 amide bonds. The first-order chi connectivity index (χ1) is 7.56. The molecule has 92 valence electrons. The van der Waals surface area contributed by atoms with Gasteiger partial charge in [0.2, 0.25) is 0 Å². The lowest BCUT2D eigenvalue weighted by Gasteiger charge is -2.06. The summed E-state index contributed by atoms with van der Waals surface area (Å²) in [6, 6.07) is 0. The number of aryl methyl sites for hydroxylation is 1. The van der Waals surface area contributed by atoms with Gasteiger partial charge in [-0.2, -0.15) is 5.10 Å². The molecule has 1 heterocycles. The molecular formula is C12H22ClN3. The largest absolute Gasteiger partial charge is 0.313 e. The van der Waals surface area contributed by atoms with Gasteiger partial charge in [-0.1, -0.05) is 32.4 Å². The maximum absolute atomic E-state index is 6.31. The van der Waals surface area contributed by atoms with Crippen LogP contribution in [-0.4, -0.2) is 16.3 Å². The summed E-state index contributed by atoms with van der Waals surface area (Å²) in [5.41, 5.74) is 2.17. The third-order valence-electron chi connectivity index (χ3n) is 2.45. The van der Waals surface area contributed by atoms with Gasteiger partial charge >= 0.3 is 0 Å². The molecule has 1 N–H and O–H groups in total. The Balaban J connectivity index is 2.72. The van der Waals surface area contributed by atoms with E-state index in [1.54, 1.807) is 0 Å². The smallest absolute Gasteiger partial charge is 0.131 e. The van der Waals surface area contributed by atoms with Crippen LogP contribution in [0.4, 0.5) is 0 Å². The summed E-state index contributed by atoms with van der Waals surface area (Å²) in [4.78, 5) is 0. The second-order valence-corrected chi connectivity index (χ2v) is 4.97. The van der Waals surface area contributed by atoms with Crippen LogP contribution in [0.5, 0.6) is 0 Å². The van der Waals surface area contributed by atoms with Crippen LogP contribution in [-0.2, 0) is 13.1 Å². The van der Waals surface area contributed by atoms with Gasteiger partial charge in [-0.3, -0.25) is 4.68 Å². The van der Waals surface area contributed by atoms with Gasteiger partial charge in [0.25, 0.3) is 0 Å². The number of hydrogen-bond acceptors (Lipinski definition) is 2. The average Bonchev–Trinajstić information content (AvgIpc) is 2.45. The van der Waals surface area contributed by atoms with Crippen molar-refractivity contribution in [2.75, 3.05) is 6.54 Å². The molecule has 0 saturated carbocycles. The summed E-state index contributed by atoms with van der Waals surface area (Å²) >= 11 is 6.31. The van der Waals surface area contributed by atoms with E-state index in [0.29, 0.717) is 5.92 Å². The molecule has 0 spiro atoms. The number of rotatable bonds is 6. The Morgan fingerprint density at radius 2 is 2.12 bits per heavy atom. The molecule has 1 rings (SSSR count). The molecule has 1 aromatic heterocycles. The van der Waals surface area contributed by atoms with E-state index in [9.17, 15) is 0 Å². The van der Waals surface area contributed by atoms with Crippen LogP contribution in [0.1, 0.15) is 38.4 Å². The van der Waals surface area contributed by atoms with Gasteiger partial charge in [-0.15, -0.1) is 0 Å². The van der Waals surface area contributed by atoms with E-state index in [1.165, 1.54) is 0 Å². The molecule has 0 aliphatic heterocycles. The zero-order chi connectivity index (χ0) is 12.1. The van der Waals surface area contributed by atoms with Crippen LogP contribution in [0, 0.1) is 12.8 Å². The van der Waals surface area contributed by atoms with E-state index >= 15 is 0 Å². The monoisotopic (exact) mass is 243 g/mol. The zero-order valence-corrected chi connectivity index (χ0v) is 11.4. The first-order valence-corrected chi connectivity index (χ1v) is 6.36. The second kappa shape index (κ2) is 6.26. The van der Waals surface area contributed by atoms with Crippen molar-refractivity contribution in [1.29, 1.82) is 0 Å². The SMILES string of the molecule is CCCNCc1c(C)nn(CC(C)C)c1Cl. The van der Waals surface area contributed by atoms with Crippen LogP contribution in [0.2, 0.25) is 5.15 Å². The van der Waals surface area contributed by atoms with Crippen LogP contribution >= 0.6 is 11.6 Å². The first kappa shape index (κ1) is 13.5. The maximum atomic E-state index is 6.31. The predicted molar refractivity (Wildman–Crippen MR) is 68.8 cm³/mol. The minimum Gasteiger partial charge on any atom is -0.313 e. The average molecular weight is 244 g/mol. The molecule has 1 aromatic rings. The Morgan fingerprint density at radius 1 is 1.44 bits per heavy atom. The number of hydrogen-bond donors (Lipinski definition) is 1. The molecule has 0 unspecified atom stereocenters. The number of aromatic nitrogens is 2. The van der Waals surface area contributed by atoms with E-state index < -0.39 is 0 Å². The fourth-order valence-electron chi connectivity index (χ4n) is 1.65. The third-order valence-corrected chi connectivity index (χ3v) is 2.87. The summed E-state index contributed by atoms with van der Waals surface area (Å²) in [5, 5.41) is 8.62. The minimum absolute atomic E-state index is 0.563. The molecule has 0 bridgehead atoms. The quantitative estimate of drug-likeness (QED) is 0.779. The Hall–Kier alpha value is -0.540. The van der Waals surface area contributed by atoms with Crippen LogP contribution in [0.15, 0.2) is 0 Å². The molecule has 0 aliphatic rings. The van der Waals surface area contributed by atoms with Crippen LogP contribution < -0.4 is 5.32 Å². The summed E-state index contributed by atoms with van der Waals surface area (Å²) in [6.45, 7) is 11.2. The van der Waals surface area contributed by atoms with Gasteiger partial charge in [-0.25, -0.2) is 0 Å². The van der Waals surface area contributed by atoms with E-state index in [2.05, 4.69) is 31.2 Å². The maximum Gasteiger partial charge on any atom is 0.131 e. The second-order valence-electron chi connectivity index (χ2n) is 4.61. The summed E-state index contributed by atoms with van der Waals surface area (Å²) in [5.74, 6) is 0.563. The molecular weight excluding hydrogens is 222 g/mol. The lowest BCUT2D eigenvalue weighted by atomic mass is 10.2. The molecule has 0 radical (unpaired) electrons. The highest BCUT2D eigenvalue weighted by atomic mass is 35.5. The summed E-state index contributed by atoms with van der Waals surface area (Å²) in [6.07, 6.45) is 1.14. The van der Waals surface area contributed by atoms with Gasteiger partial charge in [0.15, 0.2) is 0 Å². The fraction of sp³-hybridized carbons (Fsp3) is 0.750. The van der Waals surface area contributed by atoms with E-state index in [-0.39, 0.29) is 0 Å². The van der Waals surface area contributed by atoms with Gasteiger partial charge in [0, 0.05) is 18.7 Å². The molecule has 0 fully saturated rings. The van der Waals surface area contributed by atoms with Crippen molar-refractivity contribution in [1.82, 2.24) is 15.1 Å². The highest BCUT2D eigenvalue weighted by Crippen LogP contribution is 2.20. The summed E-state index contributed by atoms with van der Waals surface area (Å²) < 4.78 is 1.91. The van der Waals surface area contributed by atoms with Gasteiger partial charge in [0.05, 0.1) is 5.69 Å².